The molecule has 76 valence electrons. The highest BCUT2D eigenvalue weighted by Crippen LogP contribution is 2.41. The van der Waals surface area contributed by atoms with Gasteiger partial charge in [-0.25, -0.2) is 0 Å². The summed E-state index contributed by atoms with van der Waals surface area (Å²) in [7, 11) is 0. The number of rotatable bonds is 1. The van der Waals surface area contributed by atoms with Crippen molar-refractivity contribution in [3.63, 3.8) is 0 Å². The molecule has 14 heavy (non-hydrogen) atoms. The average Bonchev–Trinajstić information content (AvgIpc) is 2.01. The number of aromatic hydroxyl groups is 2. The number of hydrogen-bond acceptors (Lipinski definition) is 3. The summed E-state index contributed by atoms with van der Waals surface area (Å²) in [6.45, 7) is 0. The number of phenols is 2. The fourth-order valence-corrected chi connectivity index (χ4v) is 1.50. The Morgan fingerprint density at radius 3 is 1.93 bits per heavy atom. The van der Waals surface area contributed by atoms with Crippen LogP contribution in [-0.4, -0.2) is 18.1 Å². The van der Waals surface area contributed by atoms with E-state index >= 15 is 0 Å². The second-order valence-electron chi connectivity index (χ2n) is 2.50. The van der Waals surface area contributed by atoms with Gasteiger partial charge in [0, 0.05) is 0 Å². The van der Waals surface area contributed by atoms with Crippen LogP contribution in [0.15, 0.2) is 18.2 Å². The van der Waals surface area contributed by atoms with E-state index in [2.05, 4.69) is 47.8 Å². The van der Waals surface area contributed by atoms with Gasteiger partial charge < -0.3 is 10.2 Å². The smallest absolute Gasteiger partial charge is 0.208 e. The maximum absolute atomic E-state index is 11.6. The number of benzene rings is 1. The van der Waals surface area contributed by atoms with Gasteiger partial charge in [0.05, 0.1) is 0 Å². The monoisotopic (exact) mass is 386 g/mol. The van der Waals surface area contributed by atoms with Crippen molar-refractivity contribution in [1.29, 1.82) is 0 Å². The Balaban J connectivity index is 3.26. The van der Waals surface area contributed by atoms with E-state index in [4.69, 9.17) is 0 Å². The molecule has 0 aromatic heterocycles. The molecule has 0 radical (unpaired) electrons. The number of phenolic OH excluding ortho intramolecular Hbond substituents is 2. The van der Waals surface area contributed by atoms with Gasteiger partial charge in [-0.2, -0.15) is 0 Å². The lowest BCUT2D eigenvalue weighted by Crippen LogP contribution is -2.17. The van der Waals surface area contributed by atoms with Gasteiger partial charge in [0.15, 0.2) is 2.14 Å². The van der Waals surface area contributed by atoms with Gasteiger partial charge in [0.1, 0.15) is 17.1 Å². The predicted molar refractivity (Wildman–Crippen MR) is 63.6 cm³/mol. The molecule has 2 N–H and O–H groups in total. The van der Waals surface area contributed by atoms with Gasteiger partial charge in [-0.3, -0.25) is 4.79 Å². The first-order valence-electron chi connectivity index (χ1n) is 3.46. The van der Waals surface area contributed by atoms with Crippen LogP contribution in [0.3, 0.4) is 0 Å². The molecule has 0 unspecified atom stereocenters. The van der Waals surface area contributed by atoms with Crippen LogP contribution in [0.25, 0.3) is 0 Å². The molecule has 3 nitrogen and oxygen atoms in total. The van der Waals surface area contributed by atoms with E-state index in [9.17, 15) is 15.0 Å². The van der Waals surface area contributed by atoms with Crippen LogP contribution >= 0.6 is 47.8 Å². The molecule has 0 heterocycles. The van der Waals surface area contributed by atoms with Crippen LogP contribution in [0.2, 0.25) is 0 Å². The molecule has 6 heteroatoms. The average molecular weight is 389 g/mol. The Morgan fingerprint density at radius 2 is 1.57 bits per heavy atom. The number of hydrogen-bond donors (Lipinski definition) is 2. The maximum Gasteiger partial charge on any atom is 0.208 e. The third kappa shape index (κ3) is 2.49. The fraction of sp³-hybridized carbons (Fsp3) is 0.125. The molecule has 1 aromatic rings. The summed E-state index contributed by atoms with van der Waals surface area (Å²) in [6, 6.07) is 4.09. The van der Waals surface area contributed by atoms with Crippen molar-refractivity contribution in [1.82, 2.24) is 0 Å². The van der Waals surface area contributed by atoms with Crippen molar-refractivity contribution in [2.75, 3.05) is 0 Å². The van der Waals surface area contributed by atoms with Gasteiger partial charge in [0.2, 0.25) is 5.78 Å². The SMILES string of the molecule is O=C(c1c(O)cccc1O)C(Br)(Br)Br. The summed E-state index contributed by atoms with van der Waals surface area (Å²) in [5.41, 5.74) is -0.141. The Kier molecular flexibility index (Phi) is 3.60. The third-order valence-electron chi connectivity index (χ3n) is 1.50. The molecular formula is C8H5Br3O3. The summed E-state index contributed by atoms with van der Waals surface area (Å²) in [4.78, 5) is 11.6. The number of halogens is 3. The Bertz CT molecular complexity index is 350. The summed E-state index contributed by atoms with van der Waals surface area (Å²) in [6.07, 6.45) is 0. The predicted octanol–water partition coefficient (Wildman–Crippen LogP) is 3.12. The van der Waals surface area contributed by atoms with Crippen molar-refractivity contribution in [2.45, 2.75) is 2.14 Å². The summed E-state index contributed by atoms with van der Waals surface area (Å²) in [5, 5.41) is 18.8. The fourth-order valence-electron chi connectivity index (χ4n) is 0.903. The molecule has 0 atom stereocenters. The minimum Gasteiger partial charge on any atom is -0.507 e. The number of ketones is 1. The molecule has 0 spiro atoms. The second kappa shape index (κ2) is 4.20. The second-order valence-corrected chi connectivity index (χ2v) is 9.26. The van der Waals surface area contributed by atoms with E-state index in [0.29, 0.717) is 0 Å². The zero-order valence-electron chi connectivity index (χ0n) is 6.67. The van der Waals surface area contributed by atoms with Gasteiger partial charge in [-0.15, -0.1) is 0 Å². The zero-order chi connectivity index (χ0) is 10.9. The molecule has 0 aliphatic rings. The molecule has 1 rings (SSSR count). The van der Waals surface area contributed by atoms with E-state index in [1.807, 2.05) is 0 Å². The van der Waals surface area contributed by atoms with Crippen LogP contribution in [0, 0.1) is 0 Å². The molecule has 0 aliphatic heterocycles. The molecular weight excluding hydrogens is 384 g/mol. The van der Waals surface area contributed by atoms with Crippen LogP contribution in [-0.2, 0) is 0 Å². The van der Waals surface area contributed by atoms with Crippen molar-refractivity contribution in [3.05, 3.63) is 23.8 Å². The van der Waals surface area contributed by atoms with Gasteiger partial charge in [-0.1, -0.05) is 53.9 Å². The minimum atomic E-state index is -1.18. The molecule has 0 fully saturated rings. The van der Waals surface area contributed by atoms with E-state index in [1.54, 1.807) is 0 Å². The van der Waals surface area contributed by atoms with Crippen LogP contribution in [0.5, 0.6) is 11.5 Å². The number of Topliss-reactive ketones (excluding diaryl/α,β-unsaturated/α-hetero) is 1. The van der Waals surface area contributed by atoms with Gasteiger partial charge in [0.25, 0.3) is 0 Å². The van der Waals surface area contributed by atoms with Crippen molar-refractivity contribution in [3.8, 4) is 11.5 Å². The highest BCUT2D eigenvalue weighted by Gasteiger charge is 2.33. The van der Waals surface area contributed by atoms with Crippen molar-refractivity contribution < 1.29 is 15.0 Å². The molecule has 0 bridgehead atoms. The topological polar surface area (TPSA) is 57.5 Å². The lowest BCUT2D eigenvalue weighted by Gasteiger charge is -2.12. The molecule has 1 aromatic carbocycles. The largest absolute Gasteiger partial charge is 0.507 e. The number of carbonyl (C=O) groups is 1. The number of alkyl halides is 3. The van der Waals surface area contributed by atoms with Crippen molar-refractivity contribution >= 4 is 53.6 Å². The zero-order valence-corrected chi connectivity index (χ0v) is 11.4. The van der Waals surface area contributed by atoms with E-state index in [-0.39, 0.29) is 17.1 Å². The van der Waals surface area contributed by atoms with E-state index in [1.165, 1.54) is 18.2 Å². The summed E-state index contributed by atoms with van der Waals surface area (Å²) in [5.74, 6) is -1.05. The van der Waals surface area contributed by atoms with E-state index < -0.39 is 7.93 Å². The maximum atomic E-state index is 11.6. The first kappa shape index (κ1) is 12.0. The highest BCUT2D eigenvalue weighted by molar-refractivity contribution is 9.40. The Labute approximate surface area is 106 Å². The lowest BCUT2D eigenvalue weighted by molar-refractivity contribution is 0.100. The van der Waals surface area contributed by atoms with Crippen LogP contribution < -0.4 is 0 Å². The first-order chi connectivity index (χ1) is 6.34. The van der Waals surface area contributed by atoms with Crippen LogP contribution in [0.1, 0.15) is 10.4 Å². The van der Waals surface area contributed by atoms with Gasteiger partial charge in [-0.05, 0) is 12.1 Å². The molecule has 0 saturated heterocycles. The number of carbonyl (C=O) groups excluding carboxylic acids is 1. The summed E-state index contributed by atoms with van der Waals surface area (Å²) >= 11 is 9.03. The van der Waals surface area contributed by atoms with Crippen LogP contribution in [0.4, 0.5) is 0 Å². The summed E-state index contributed by atoms with van der Waals surface area (Å²) < 4.78 is -1.18. The molecule has 0 saturated carbocycles. The standard InChI is InChI=1S/C8H5Br3O3/c9-8(10,11)7(14)6-4(12)2-1-3-5(6)13/h1-3,12-13H. The first-order valence-corrected chi connectivity index (χ1v) is 5.84. The molecule has 0 amide bonds. The van der Waals surface area contributed by atoms with E-state index in [0.717, 1.165) is 0 Å². The normalized spacial score (nSPS) is 11.4. The van der Waals surface area contributed by atoms with Gasteiger partial charge >= 0.3 is 0 Å². The Hall–Kier alpha value is -0.0700. The van der Waals surface area contributed by atoms with Crippen molar-refractivity contribution in [2.24, 2.45) is 0 Å². The Morgan fingerprint density at radius 1 is 1.14 bits per heavy atom. The quantitative estimate of drug-likeness (QED) is 0.574. The third-order valence-corrected chi connectivity index (χ3v) is 2.59. The highest BCUT2D eigenvalue weighted by atomic mass is 80.0. The minimum absolute atomic E-state index is 0.141. The molecule has 0 aliphatic carbocycles. The lowest BCUT2D eigenvalue weighted by atomic mass is 10.1.